The molecule has 4 aromatic rings. The molecule has 0 bridgehead atoms. The highest BCUT2D eigenvalue weighted by Gasteiger charge is 2.43. The van der Waals surface area contributed by atoms with Crippen LogP contribution >= 0.6 is 11.6 Å². The number of benzene rings is 2. The molecule has 0 amide bonds. The number of nitrogens with one attached hydrogen (secondary N) is 1. The van der Waals surface area contributed by atoms with Crippen LogP contribution in [0.3, 0.4) is 0 Å². The van der Waals surface area contributed by atoms with Gasteiger partial charge in [0.25, 0.3) is 0 Å². The number of nitrogens with zero attached hydrogens (tertiary/aromatic N) is 3. The van der Waals surface area contributed by atoms with Gasteiger partial charge in [-0.15, -0.1) is 0 Å². The van der Waals surface area contributed by atoms with E-state index in [1.165, 1.54) is 6.20 Å². The van der Waals surface area contributed by atoms with E-state index < -0.39 is 29.2 Å². The minimum absolute atomic E-state index is 0.00920. The minimum Gasteiger partial charge on any atom is -0.493 e. The van der Waals surface area contributed by atoms with Gasteiger partial charge in [-0.2, -0.15) is 23.4 Å². The van der Waals surface area contributed by atoms with E-state index in [0.29, 0.717) is 10.6 Å². The van der Waals surface area contributed by atoms with Gasteiger partial charge in [-0.3, -0.25) is 5.10 Å². The Hall–Kier alpha value is -3.46. The third-order valence-electron chi connectivity index (χ3n) is 4.67. The van der Waals surface area contributed by atoms with Crippen LogP contribution in [-0.2, 0) is 6.18 Å². The van der Waals surface area contributed by atoms with E-state index in [1.807, 2.05) is 0 Å². The Morgan fingerprint density at radius 1 is 1.07 bits per heavy atom. The molecular weight excluding hydrogens is 419 g/mol. The number of rotatable bonds is 4. The molecule has 10 heteroatoms. The molecule has 0 fully saturated rings. The van der Waals surface area contributed by atoms with Gasteiger partial charge in [0.2, 0.25) is 5.88 Å². The molecule has 4 N–H and O–H groups in total. The van der Waals surface area contributed by atoms with Gasteiger partial charge in [-0.05, 0) is 29.8 Å². The monoisotopic (exact) mass is 433 g/mol. The second-order valence-corrected chi connectivity index (χ2v) is 6.98. The van der Waals surface area contributed by atoms with E-state index in [4.69, 9.17) is 17.3 Å². The van der Waals surface area contributed by atoms with Crippen LogP contribution in [0.25, 0.3) is 5.69 Å². The second-order valence-electron chi connectivity index (χ2n) is 6.54. The van der Waals surface area contributed by atoms with Crippen molar-refractivity contribution in [1.82, 2.24) is 20.0 Å². The normalized spacial score (nSPS) is 12.8. The Morgan fingerprint density at radius 2 is 1.73 bits per heavy atom. The van der Waals surface area contributed by atoms with Gasteiger partial charge in [0.1, 0.15) is 5.82 Å². The molecule has 4 rings (SSSR count). The van der Waals surface area contributed by atoms with Crippen molar-refractivity contribution in [1.29, 1.82) is 0 Å². The SMILES string of the molecule is Nc1n[nH]cc1C(c1ccc(Cl)cc1)c1c(C(F)(F)F)nn(-c2ccccc2)c1O. The van der Waals surface area contributed by atoms with Crippen molar-refractivity contribution in [3.8, 4) is 11.6 Å². The number of H-pyrrole nitrogens is 1. The van der Waals surface area contributed by atoms with Crippen molar-refractivity contribution < 1.29 is 18.3 Å². The Bertz CT molecular complexity index is 1170. The van der Waals surface area contributed by atoms with Crippen molar-refractivity contribution in [2.45, 2.75) is 12.1 Å². The van der Waals surface area contributed by atoms with Crippen LogP contribution in [0, 0.1) is 0 Å². The number of aromatic hydroxyl groups is 1. The molecule has 30 heavy (non-hydrogen) atoms. The molecule has 1 unspecified atom stereocenters. The molecule has 154 valence electrons. The summed E-state index contributed by atoms with van der Waals surface area (Å²) in [4.78, 5) is 0. The first kappa shape index (κ1) is 19.8. The van der Waals surface area contributed by atoms with Crippen LogP contribution in [0.5, 0.6) is 5.88 Å². The average molecular weight is 434 g/mol. The van der Waals surface area contributed by atoms with E-state index in [1.54, 1.807) is 54.6 Å². The largest absolute Gasteiger partial charge is 0.493 e. The number of aromatic nitrogens is 4. The fourth-order valence-corrected chi connectivity index (χ4v) is 3.47. The van der Waals surface area contributed by atoms with Crippen LogP contribution in [0.4, 0.5) is 19.0 Å². The molecule has 0 saturated carbocycles. The number of nitrogen functional groups attached to an aromatic ring is 1. The molecule has 0 aliphatic carbocycles. The quantitative estimate of drug-likeness (QED) is 0.433. The number of aromatic amines is 1. The van der Waals surface area contributed by atoms with Gasteiger partial charge in [-0.1, -0.05) is 41.9 Å². The molecule has 1 atom stereocenters. The molecule has 2 heterocycles. The Labute approximate surface area is 173 Å². The lowest BCUT2D eigenvalue weighted by Crippen LogP contribution is -2.14. The summed E-state index contributed by atoms with van der Waals surface area (Å²) < 4.78 is 42.8. The summed E-state index contributed by atoms with van der Waals surface area (Å²) in [5.41, 5.74) is 5.25. The number of halogens is 4. The fraction of sp³-hybridized carbons (Fsp3) is 0.100. The van der Waals surface area contributed by atoms with E-state index >= 15 is 0 Å². The zero-order valence-corrected chi connectivity index (χ0v) is 16.0. The van der Waals surface area contributed by atoms with Crippen LogP contribution in [0.15, 0.2) is 60.8 Å². The number of hydrogen-bond acceptors (Lipinski definition) is 4. The number of para-hydroxylation sites is 1. The van der Waals surface area contributed by atoms with E-state index in [-0.39, 0.29) is 17.1 Å². The van der Waals surface area contributed by atoms with Gasteiger partial charge >= 0.3 is 6.18 Å². The standard InChI is InChI=1S/C20H15ClF3N5O/c21-12-8-6-11(7-9-12)15(14-10-26-27-18(14)25)16-17(20(22,23)24)28-29(19(16)30)13-4-2-1-3-5-13/h1-10,15,30H,(H3,25,26,27). The molecule has 0 spiro atoms. The Balaban J connectivity index is 2.02. The topological polar surface area (TPSA) is 92.8 Å². The van der Waals surface area contributed by atoms with E-state index in [9.17, 15) is 18.3 Å². The third kappa shape index (κ3) is 3.48. The lowest BCUT2D eigenvalue weighted by atomic mass is 9.86. The summed E-state index contributed by atoms with van der Waals surface area (Å²) in [6.07, 6.45) is -3.43. The van der Waals surface area contributed by atoms with E-state index in [2.05, 4.69) is 15.3 Å². The van der Waals surface area contributed by atoms with Crippen LogP contribution in [0.1, 0.15) is 28.3 Å². The first-order chi connectivity index (χ1) is 14.3. The lowest BCUT2D eigenvalue weighted by Gasteiger charge is -2.18. The fourth-order valence-electron chi connectivity index (χ4n) is 3.34. The predicted octanol–water partition coefficient (Wildman–Crippen LogP) is 4.74. The Morgan fingerprint density at radius 3 is 2.30 bits per heavy atom. The molecule has 6 nitrogen and oxygen atoms in total. The number of alkyl halides is 3. The molecule has 2 aromatic heterocycles. The van der Waals surface area contributed by atoms with Gasteiger partial charge in [0.05, 0.1) is 11.3 Å². The maximum atomic E-state index is 14.0. The molecule has 0 radical (unpaired) electrons. The third-order valence-corrected chi connectivity index (χ3v) is 4.92. The molecular formula is C20H15ClF3N5O. The highest BCUT2D eigenvalue weighted by atomic mass is 35.5. The highest BCUT2D eigenvalue weighted by molar-refractivity contribution is 6.30. The van der Waals surface area contributed by atoms with Gasteiger partial charge < -0.3 is 10.8 Å². The van der Waals surface area contributed by atoms with Crippen molar-refractivity contribution in [3.05, 3.63) is 88.2 Å². The summed E-state index contributed by atoms with van der Waals surface area (Å²) in [7, 11) is 0. The first-order valence-corrected chi connectivity index (χ1v) is 9.14. The smallest absolute Gasteiger partial charge is 0.435 e. The van der Waals surface area contributed by atoms with Crippen LogP contribution in [-0.4, -0.2) is 25.1 Å². The van der Waals surface area contributed by atoms with Crippen molar-refractivity contribution in [3.63, 3.8) is 0 Å². The predicted molar refractivity (Wildman–Crippen MR) is 106 cm³/mol. The summed E-state index contributed by atoms with van der Waals surface area (Å²) in [6.45, 7) is 0. The molecule has 0 saturated heterocycles. The van der Waals surface area contributed by atoms with Crippen molar-refractivity contribution in [2.24, 2.45) is 0 Å². The zero-order chi connectivity index (χ0) is 21.5. The highest BCUT2D eigenvalue weighted by Crippen LogP contribution is 2.46. The average Bonchev–Trinajstić information content (AvgIpc) is 3.28. The zero-order valence-electron chi connectivity index (χ0n) is 15.2. The number of hydrogen-bond donors (Lipinski definition) is 3. The maximum Gasteiger partial charge on any atom is 0.435 e. The molecule has 0 aliphatic rings. The van der Waals surface area contributed by atoms with Crippen LogP contribution < -0.4 is 5.73 Å². The van der Waals surface area contributed by atoms with Crippen molar-refractivity contribution >= 4 is 17.4 Å². The lowest BCUT2D eigenvalue weighted by molar-refractivity contribution is -0.142. The summed E-state index contributed by atoms with van der Waals surface area (Å²) >= 11 is 5.95. The van der Waals surface area contributed by atoms with Gasteiger partial charge in [0, 0.05) is 22.7 Å². The number of nitrogens with two attached hydrogens (primary N) is 1. The van der Waals surface area contributed by atoms with Crippen molar-refractivity contribution in [2.75, 3.05) is 5.73 Å². The molecule has 2 aromatic carbocycles. The van der Waals surface area contributed by atoms with Gasteiger partial charge in [-0.25, -0.2) is 4.68 Å². The maximum absolute atomic E-state index is 14.0. The summed E-state index contributed by atoms with van der Waals surface area (Å²) in [5.74, 6) is -1.72. The van der Waals surface area contributed by atoms with Crippen LogP contribution in [0.2, 0.25) is 5.02 Å². The summed E-state index contributed by atoms with van der Waals surface area (Å²) in [6, 6.07) is 14.3. The molecule has 0 aliphatic heterocycles. The summed E-state index contributed by atoms with van der Waals surface area (Å²) in [5, 5.41) is 21.4. The first-order valence-electron chi connectivity index (χ1n) is 8.76. The van der Waals surface area contributed by atoms with E-state index in [0.717, 1.165) is 4.68 Å². The number of anilines is 1. The minimum atomic E-state index is -4.82. The van der Waals surface area contributed by atoms with Gasteiger partial charge in [0.15, 0.2) is 5.69 Å². The Kier molecular flexibility index (Phi) is 4.90. The second kappa shape index (κ2) is 7.42.